The maximum absolute atomic E-state index is 10.4. The molecular formula is C30H28O2. The van der Waals surface area contributed by atoms with Gasteiger partial charge in [0.25, 0.3) is 0 Å². The van der Waals surface area contributed by atoms with Gasteiger partial charge in [0.1, 0.15) is 11.5 Å². The molecule has 0 amide bonds. The van der Waals surface area contributed by atoms with Crippen LogP contribution in [0.15, 0.2) is 72.8 Å². The molecule has 5 rings (SSSR count). The maximum Gasteiger partial charge on any atom is 0.116 e. The lowest BCUT2D eigenvalue weighted by Crippen LogP contribution is -2.38. The van der Waals surface area contributed by atoms with Gasteiger partial charge >= 0.3 is 0 Å². The number of phenols is 2. The van der Waals surface area contributed by atoms with Crippen molar-refractivity contribution in [3.8, 4) is 11.5 Å². The second-order valence-electron chi connectivity index (χ2n) is 9.15. The number of fused-ring (bicyclic) bond motifs is 2. The predicted molar refractivity (Wildman–Crippen MR) is 130 cm³/mol. The van der Waals surface area contributed by atoms with Gasteiger partial charge in [-0.3, -0.25) is 0 Å². The zero-order chi connectivity index (χ0) is 22.6. The standard InChI is InChI=1S/C30H28O2/c1-18-13-24(31)14-19(2)28(18)30(29-20(3)15-25(32)16-21(29)4)26-11-7-5-9-22(26)17-23-10-6-8-12-27(23)30/h5-16,31-32H,17H2,1-4H3. The molecule has 32 heavy (non-hydrogen) atoms. The summed E-state index contributed by atoms with van der Waals surface area (Å²) in [5.74, 6) is 0.575. The van der Waals surface area contributed by atoms with E-state index in [-0.39, 0.29) is 11.5 Å². The van der Waals surface area contributed by atoms with E-state index < -0.39 is 5.41 Å². The number of phenolic OH excluding ortho intramolecular Hbond substituents is 2. The summed E-state index contributed by atoms with van der Waals surface area (Å²) in [4.78, 5) is 0. The van der Waals surface area contributed by atoms with Crippen LogP contribution in [0.2, 0.25) is 0 Å². The summed E-state index contributed by atoms with van der Waals surface area (Å²) >= 11 is 0. The van der Waals surface area contributed by atoms with Crippen molar-refractivity contribution in [1.29, 1.82) is 0 Å². The summed E-state index contributed by atoms with van der Waals surface area (Å²) in [6, 6.07) is 24.9. The summed E-state index contributed by atoms with van der Waals surface area (Å²) in [6.07, 6.45) is 0.889. The lowest BCUT2D eigenvalue weighted by atomic mass is 9.56. The Labute approximate surface area is 189 Å². The Balaban J connectivity index is 2.07. The molecular weight excluding hydrogens is 392 g/mol. The molecule has 0 spiro atoms. The van der Waals surface area contributed by atoms with Crippen molar-refractivity contribution in [2.75, 3.05) is 0 Å². The van der Waals surface area contributed by atoms with Crippen LogP contribution in [0.1, 0.15) is 55.6 Å². The molecule has 2 N–H and O–H groups in total. The van der Waals surface area contributed by atoms with E-state index in [4.69, 9.17) is 0 Å². The van der Waals surface area contributed by atoms with Gasteiger partial charge in [0.2, 0.25) is 0 Å². The van der Waals surface area contributed by atoms with Crippen LogP contribution in [-0.2, 0) is 11.8 Å². The molecule has 0 saturated heterocycles. The SMILES string of the molecule is Cc1cc(O)cc(C)c1C1(c2c(C)cc(O)cc2C)c2ccccc2Cc2ccccc21. The Morgan fingerprint density at radius 3 is 1.28 bits per heavy atom. The average Bonchev–Trinajstić information content (AvgIpc) is 2.72. The zero-order valence-corrected chi connectivity index (χ0v) is 19.0. The normalized spacial score (nSPS) is 14.0. The third-order valence-corrected chi connectivity index (χ3v) is 7.01. The largest absolute Gasteiger partial charge is 0.508 e. The van der Waals surface area contributed by atoms with E-state index in [0.29, 0.717) is 0 Å². The quantitative estimate of drug-likeness (QED) is 0.337. The van der Waals surface area contributed by atoms with Crippen LogP contribution in [0, 0.1) is 27.7 Å². The maximum atomic E-state index is 10.4. The van der Waals surface area contributed by atoms with Gasteiger partial charge in [0.05, 0.1) is 5.41 Å². The van der Waals surface area contributed by atoms with E-state index in [1.165, 1.54) is 33.4 Å². The minimum absolute atomic E-state index is 0.287. The molecule has 1 aliphatic carbocycles. The highest BCUT2D eigenvalue weighted by atomic mass is 16.3. The van der Waals surface area contributed by atoms with Gasteiger partial charge in [-0.25, -0.2) is 0 Å². The Morgan fingerprint density at radius 1 is 0.562 bits per heavy atom. The second-order valence-corrected chi connectivity index (χ2v) is 9.15. The molecule has 1 aliphatic rings. The van der Waals surface area contributed by atoms with Crippen molar-refractivity contribution >= 4 is 0 Å². The van der Waals surface area contributed by atoms with Gasteiger partial charge in [-0.1, -0.05) is 48.5 Å². The first-order valence-corrected chi connectivity index (χ1v) is 11.1. The molecule has 4 aromatic carbocycles. The van der Waals surface area contributed by atoms with E-state index >= 15 is 0 Å². The van der Waals surface area contributed by atoms with Crippen molar-refractivity contribution in [1.82, 2.24) is 0 Å². The monoisotopic (exact) mass is 420 g/mol. The molecule has 2 heteroatoms. The predicted octanol–water partition coefficient (Wildman–Crippen LogP) is 6.62. The van der Waals surface area contributed by atoms with Gasteiger partial charge in [-0.15, -0.1) is 0 Å². The number of hydrogen-bond donors (Lipinski definition) is 2. The van der Waals surface area contributed by atoms with Crippen molar-refractivity contribution in [3.05, 3.63) is 128 Å². The topological polar surface area (TPSA) is 40.5 Å². The van der Waals surface area contributed by atoms with Crippen LogP contribution >= 0.6 is 0 Å². The number of hydrogen-bond acceptors (Lipinski definition) is 2. The molecule has 0 unspecified atom stereocenters. The molecule has 0 aromatic heterocycles. The van der Waals surface area contributed by atoms with Gasteiger partial charge in [0, 0.05) is 0 Å². The van der Waals surface area contributed by atoms with E-state index in [9.17, 15) is 10.2 Å². The number of rotatable bonds is 2. The van der Waals surface area contributed by atoms with Crippen LogP contribution in [0.5, 0.6) is 11.5 Å². The fraction of sp³-hybridized carbons (Fsp3) is 0.200. The fourth-order valence-electron chi connectivity index (χ4n) is 6.16. The van der Waals surface area contributed by atoms with E-state index in [0.717, 1.165) is 28.7 Å². The zero-order valence-electron chi connectivity index (χ0n) is 19.0. The van der Waals surface area contributed by atoms with E-state index in [1.54, 1.807) is 0 Å². The first-order chi connectivity index (χ1) is 15.3. The Bertz CT molecular complexity index is 1210. The third kappa shape index (κ3) is 2.79. The minimum Gasteiger partial charge on any atom is -0.508 e. The molecule has 0 heterocycles. The van der Waals surface area contributed by atoms with Crippen molar-refractivity contribution in [2.24, 2.45) is 0 Å². The van der Waals surface area contributed by atoms with Gasteiger partial charge < -0.3 is 10.2 Å². The Morgan fingerprint density at radius 2 is 0.906 bits per heavy atom. The summed E-state index contributed by atoms with van der Waals surface area (Å²) < 4.78 is 0. The molecule has 4 aromatic rings. The summed E-state index contributed by atoms with van der Waals surface area (Å²) in [5.41, 5.74) is 11.2. The van der Waals surface area contributed by atoms with Crippen molar-refractivity contribution < 1.29 is 10.2 Å². The highest BCUT2D eigenvalue weighted by molar-refractivity contribution is 5.72. The van der Waals surface area contributed by atoms with Gasteiger partial charge in [0.15, 0.2) is 0 Å². The molecule has 0 aliphatic heterocycles. The molecule has 0 bridgehead atoms. The molecule has 0 saturated carbocycles. The van der Waals surface area contributed by atoms with E-state index in [1.807, 2.05) is 24.3 Å². The summed E-state index contributed by atoms with van der Waals surface area (Å²) in [5, 5.41) is 20.7. The summed E-state index contributed by atoms with van der Waals surface area (Å²) in [6.45, 7) is 8.37. The minimum atomic E-state index is -0.546. The number of aryl methyl sites for hydroxylation is 4. The van der Waals surface area contributed by atoms with Crippen LogP contribution in [0.4, 0.5) is 0 Å². The van der Waals surface area contributed by atoms with Crippen molar-refractivity contribution in [3.63, 3.8) is 0 Å². The van der Waals surface area contributed by atoms with Crippen LogP contribution in [0.3, 0.4) is 0 Å². The van der Waals surface area contributed by atoms with Crippen LogP contribution in [-0.4, -0.2) is 10.2 Å². The lowest BCUT2D eigenvalue weighted by molar-refractivity contribution is 0.473. The third-order valence-electron chi connectivity index (χ3n) is 7.01. The fourth-order valence-corrected chi connectivity index (χ4v) is 6.16. The highest BCUT2D eigenvalue weighted by Crippen LogP contribution is 2.54. The Hall–Kier alpha value is -3.52. The van der Waals surface area contributed by atoms with Gasteiger partial charge in [-0.05, 0) is 114 Å². The number of benzene rings is 4. The van der Waals surface area contributed by atoms with Crippen molar-refractivity contribution in [2.45, 2.75) is 39.5 Å². The first kappa shape index (κ1) is 20.4. The highest BCUT2D eigenvalue weighted by Gasteiger charge is 2.46. The first-order valence-electron chi connectivity index (χ1n) is 11.1. The lowest BCUT2D eigenvalue weighted by Gasteiger charge is -2.45. The van der Waals surface area contributed by atoms with Crippen LogP contribution < -0.4 is 0 Å². The van der Waals surface area contributed by atoms with Gasteiger partial charge in [-0.2, -0.15) is 0 Å². The number of aromatic hydroxyl groups is 2. The van der Waals surface area contributed by atoms with Crippen LogP contribution in [0.25, 0.3) is 0 Å². The second kappa shape index (κ2) is 7.27. The molecule has 2 nitrogen and oxygen atoms in total. The Kier molecular flexibility index (Phi) is 4.63. The van der Waals surface area contributed by atoms with E-state index in [2.05, 4.69) is 76.2 Å². The summed E-state index contributed by atoms with van der Waals surface area (Å²) in [7, 11) is 0. The molecule has 0 radical (unpaired) electrons. The smallest absolute Gasteiger partial charge is 0.116 e. The average molecular weight is 421 g/mol. The molecule has 0 fully saturated rings. The molecule has 160 valence electrons. The molecule has 0 atom stereocenters.